The van der Waals surface area contributed by atoms with Crippen molar-refractivity contribution >= 4 is 26.6 Å². The molecule has 0 atom stereocenters. The highest BCUT2D eigenvalue weighted by Gasteiger charge is 2.22. The van der Waals surface area contributed by atoms with Crippen molar-refractivity contribution in [2.24, 2.45) is 0 Å². The minimum Gasteiger partial charge on any atom is -0.355 e. The number of para-hydroxylation sites is 1. The third-order valence-electron chi connectivity index (χ3n) is 4.38. The van der Waals surface area contributed by atoms with Gasteiger partial charge in [-0.3, -0.25) is 4.79 Å². The van der Waals surface area contributed by atoms with Crippen LogP contribution in [0.2, 0.25) is 0 Å². The number of carbonyl (C=O) groups is 1. The lowest BCUT2D eigenvalue weighted by molar-refractivity contribution is -0.121. The molecular weight excluding hydrogens is 348 g/mol. The molecule has 0 saturated carbocycles. The first kappa shape index (κ1) is 18.2. The Bertz CT molecular complexity index is 1050. The van der Waals surface area contributed by atoms with Crippen LogP contribution in [0.4, 0.5) is 0 Å². The average Bonchev–Trinajstić information content (AvgIpc) is 2.97. The summed E-state index contributed by atoms with van der Waals surface area (Å²) in [6.07, 6.45) is 1.58. The molecular formula is C20H22N2O3S. The first-order valence-corrected chi connectivity index (χ1v) is 10.2. The average molecular weight is 370 g/mol. The molecule has 0 unspecified atom stereocenters. The Morgan fingerprint density at radius 2 is 1.77 bits per heavy atom. The summed E-state index contributed by atoms with van der Waals surface area (Å²) in [5.74, 6) is -0.203. The zero-order valence-electron chi connectivity index (χ0n) is 14.9. The van der Waals surface area contributed by atoms with Gasteiger partial charge in [-0.15, -0.1) is 0 Å². The van der Waals surface area contributed by atoms with Crippen molar-refractivity contribution in [3.05, 3.63) is 65.9 Å². The lowest BCUT2D eigenvalue weighted by Gasteiger charge is -2.06. The number of amides is 1. The SMILES string of the molecule is CCNC(=O)Cn1cc(S(=O)(=O)Cc2ccccc2C)c2ccccc21. The Labute approximate surface area is 153 Å². The number of aryl methyl sites for hydroxylation is 1. The van der Waals surface area contributed by atoms with Gasteiger partial charge in [0.2, 0.25) is 5.91 Å². The Balaban J connectivity index is 2.04. The van der Waals surface area contributed by atoms with Crippen LogP contribution in [0.3, 0.4) is 0 Å². The number of benzene rings is 2. The van der Waals surface area contributed by atoms with Gasteiger partial charge < -0.3 is 9.88 Å². The minimum atomic E-state index is -3.54. The van der Waals surface area contributed by atoms with Crippen molar-refractivity contribution in [2.45, 2.75) is 31.0 Å². The van der Waals surface area contributed by atoms with Gasteiger partial charge in [-0.05, 0) is 31.0 Å². The molecule has 0 fully saturated rings. The molecule has 0 aliphatic heterocycles. The van der Waals surface area contributed by atoms with Crippen molar-refractivity contribution < 1.29 is 13.2 Å². The Morgan fingerprint density at radius 1 is 1.08 bits per heavy atom. The monoisotopic (exact) mass is 370 g/mol. The summed E-state index contributed by atoms with van der Waals surface area (Å²) >= 11 is 0. The summed E-state index contributed by atoms with van der Waals surface area (Å²) < 4.78 is 27.9. The van der Waals surface area contributed by atoms with Gasteiger partial charge in [0.05, 0.1) is 10.6 Å². The molecule has 0 spiro atoms. The van der Waals surface area contributed by atoms with Crippen LogP contribution in [-0.2, 0) is 26.9 Å². The standard InChI is InChI=1S/C20H22N2O3S/c1-3-21-20(23)13-22-12-19(17-10-6-7-11-18(17)22)26(24,25)14-16-9-5-4-8-15(16)2/h4-12H,3,13-14H2,1-2H3,(H,21,23). The molecule has 1 amide bonds. The van der Waals surface area contributed by atoms with Crippen molar-refractivity contribution in [2.75, 3.05) is 6.54 Å². The van der Waals surface area contributed by atoms with Crippen LogP contribution in [0, 0.1) is 6.92 Å². The summed E-state index contributed by atoms with van der Waals surface area (Å²) in [6.45, 7) is 4.39. The molecule has 0 aliphatic carbocycles. The maximum Gasteiger partial charge on any atom is 0.239 e. The van der Waals surface area contributed by atoms with E-state index in [1.807, 2.05) is 56.3 Å². The topological polar surface area (TPSA) is 68.2 Å². The lowest BCUT2D eigenvalue weighted by Crippen LogP contribution is -2.26. The third kappa shape index (κ3) is 3.65. The van der Waals surface area contributed by atoms with Crippen LogP contribution in [0.1, 0.15) is 18.1 Å². The summed E-state index contributed by atoms with van der Waals surface area (Å²) in [5, 5.41) is 3.39. The molecule has 0 radical (unpaired) electrons. The highest BCUT2D eigenvalue weighted by Crippen LogP contribution is 2.28. The fraction of sp³-hybridized carbons (Fsp3) is 0.250. The molecule has 2 aromatic carbocycles. The maximum atomic E-state index is 13.1. The maximum absolute atomic E-state index is 13.1. The molecule has 1 heterocycles. The molecule has 3 aromatic rings. The van der Waals surface area contributed by atoms with E-state index >= 15 is 0 Å². The van der Waals surface area contributed by atoms with Crippen LogP contribution in [0.5, 0.6) is 0 Å². The van der Waals surface area contributed by atoms with Gasteiger partial charge in [0.1, 0.15) is 6.54 Å². The van der Waals surface area contributed by atoms with Gasteiger partial charge in [0, 0.05) is 23.6 Å². The number of likely N-dealkylation sites (N-methyl/N-ethyl adjacent to an activating group) is 1. The van der Waals surface area contributed by atoms with Crippen molar-refractivity contribution in [1.82, 2.24) is 9.88 Å². The summed E-state index contributed by atoms with van der Waals surface area (Å²) in [4.78, 5) is 12.2. The number of nitrogens with zero attached hydrogens (tertiary/aromatic N) is 1. The fourth-order valence-corrected chi connectivity index (χ4v) is 4.74. The van der Waals surface area contributed by atoms with Crippen molar-refractivity contribution in [1.29, 1.82) is 0 Å². The van der Waals surface area contributed by atoms with E-state index in [2.05, 4.69) is 5.32 Å². The number of nitrogens with one attached hydrogen (secondary N) is 1. The largest absolute Gasteiger partial charge is 0.355 e. The molecule has 0 bridgehead atoms. The second kappa shape index (κ2) is 7.33. The van der Waals surface area contributed by atoms with Crippen molar-refractivity contribution in [3.63, 3.8) is 0 Å². The molecule has 136 valence electrons. The normalized spacial score (nSPS) is 11.6. The van der Waals surface area contributed by atoms with Crippen LogP contribution in [-0.4, -0.2) is 25.4 Å². The second-order valence-corrected chi connectivity index (χ2v) is 8.24. The summed E-state index contributed by atoms with van der Waals surface area (Å²) in [5.41, 5.74) is 2.47. The minimum absolute atomic E-state index is 0.0607. The lowest BCUT2D eigenvalue weighted by atomic mass is 10.1. The quantitative estimate of drug-likeness (QED) is 0.725. The van der Waals surface area contributed by atoms with Gasteiger partial charge >= 0.3 is 0 Å². The van der Waals surface area contributed by atoms with E-state index in [1.165, 1.54) is 0 Å². The zero-order chi connectivity index (χ0) is 18.7. The Kier molecular flexibility index (Phi) is 5.13. The smallest absolute Gasteiger partial charge is 0.239 e. The number of hydrogen-bond acceptors (Lipinski definition) is 3. The van der Waals surface area contributed by atoms with Crippen LogP contribution in [0.15, 0.2) is 59.6 Å². The van der Waals surface area contributed by atoms with Crippen molar-refractivity contribution in [3.8, 4) is 0 Å². The van der Waals surface area contributed by atoms with E-state index in [0.29, 0.717) is 11.9 Å². The summed E-state index contributed by atoms with van der Waals surface area (Å²) in [6, 6.07) is 14.7. The van der Waals surface area contributed by atoms with E-state index in [4.69, 9.17) is 0 Å². The van der Waals surface area contributed by atoms with Gasteiger partial charge in [-0.2, -0.15) is 0 Å². The molecule has 1 aromatic heterocycles. The van der Waals surface area contributed by atoms with E-state index < -0.39 is 9.84 Å². The molecule has 0 saturated heterocycles. The number of sulfone groups is 1. The molecule has 3 rings (SSSR count). The number of aromatic nitrogens is 1. The van der Waals surface area contributed by atoms with E-state index in [0.717, 1.165) is 16.6 Å². The first-order chi connectivity index (χ1) is 12.4. The fourth-order valence-electron chi connectivity index (χ4n) is 3.05. The summed E-state index contributed by atoms with van der Waals surface area (Å²) in [7, 11) is -3.54. The van der Waals surface area contributed by atoms with E-state index in [1.54, 1.807) is 16.8 Å². The predicted molar refractivity (Wildman–Crippen MR) is 103 cm³/mol. The molecule has 0 aliphatic rings. The number of hydrogen-bond donors (Lipinski definition) is 1. The Morgan fingerprint density at radius 3 is 2.50 bits per heavy atom. The van der Waals surface area contributed by atoms with Gasteiger partial charge in [0.15, 0.2) is 9.84 Å². The highest BCUT2D eigenvalue weighted by atomic mass is 32.2. The molecule has 6 heteroatoms. The van der Waals surface area contributed by atoms with Gasteiger partial charge in [-0.25, -0.2) is 8.42 Å². The number of carbonyl (C=O) groups excluding carboxylic acids is 1. The van der Waals surface area contributed by atoms with Crippen LogP contribution < -0.4 is 5.32 Å². The number of rotatable bonds is 6. The van der Waals surface area contributed by atoms with Gasteiger partial charge in [0.25, 0.3) is 0 Å². The van der Waals surface area contributed by atoms with Crippen LogP contribution in [0.25, 0.3) is 10.9 Å². The van der Waals surface area contributed by atoms with Crippen LogP contribution >= 0.6 is 0 Å². The first-order valence-electron chi connectivity index (χ1n) is 8.54. The second-order valence-electron chi connectivity index (χ2n) is 6.28. The van der Waals surface area contributed by atoms with E-state index in [-0.39, 0.29) is 23.1 Å². The zero-order valence-corrected chi connectivity index (χ0v) is 15.7. The predicted octanol–water partition coefficient (Wildman–Crippen LogP) is 3.06. The highest BCUT2D eigenvalue weighted by molar-refractivity contribution is 7.90. The molecule has 1 N–H and O–H groups in total. The third-order valence-corrected chi connectivity index (χ3v) is 6.07. The molecule has 26 heavy (non-hydrogen) atoms. The Hall–Kier alpha value is -2.60. The van der Waals surface area contributed by atoms with E-state index in [9.17, 15) is 13.2 Å². The van der Waals surface area contributed by atoms with Gasteiger partial charge in [-0.1, -0.05) is 42.5 Å². The molecule has 5 nitrogen and oxygen atoms in total. The number of fused-ring (bicyclic) bond motifs is 1.